The first-order chi connectivity index (χ1) is 9.58. The number of carbonyl (C=O) groups excluding carboxylic acids is 1. The molecule has 0 aliphatic heterocycles. The van der Waals surface area contributed by atoms with Gasteiger partial charge >= 0.3 is 6.03 Å². The van der Waals surface area contributed by atoms with Crippen molar-refractivity contribution in [3.05, 3.63) is 29.8 Å². The lowest BCUT2D eigenvalue weighted by Crippen LogP contribution is -2.41. The van der Waals surface area contributed by atoms with Crippen LogP contribution >= 0.6 is 0 Å². The number of nitrogens with zero attached hydrogens (tertiary/aromatic N) is 1. The minimum Gasteiger partial charge on any atom is -0.492 e. The fourth-order valence-electron chi connectivity index (χ4n) is 1.90. The van der Waals surface area contributed by atoms with E-state index in [0.717, 1.165) is 18.8 Å². The van der Waals surface area contributed by atoms with Crippen LogP contribution in [-0.4, -0.2) is 37.2 Å². The average molecular weight is 278 g/mol. The molecule has 4 heteroatoms. The normalized spacial score (nSPS) is 10.4. The van der Waals surface area contributed by atoms with E-state index in [9.17, 15) is 4.79 Å². The topological polar surface area (TPSA) is 41.6 Å². The minimum atomic E-state index is -0.0336. The van der Waals surface area contributed by atoms with Crippen molar-refractivity contribution in [1.29, 1.82) is 0 Å². The molecule has 0 aromatic heterocycles. The van der Waals surface area contributed by atoms with Gasteiger partial charge in [-0.3, -0.25) is 0 Å². The highest BCUT2D eigenvalue weighted by Crippen LogP contribution is 2.18. The lowest BCUT2D eigenvalue weighted by atomic mass is 10.0. The fourth-order valence-corrected chi connectivity index (χ4v) is 1.90. The molecule has 0 spiro atoms. The number of hydrogen-bond donors (Lipinski definition) is 1. The molecule has 20 heavy (non-hydrogen) atoms. The summed E-state index contributed by atoms with van der Waals surface area (Å²) in [5.41, 5.74) is 1.30. The van der Waals surface area contributed by atoms with Gasteiger partial charge in [-0.05, 0) is 37.5 Å². The molecular weight excluding hydrogens is 252 g/mol. The number of carbonyl (C=O) groups is 1. The zero-order chi connectivity index (χ0) is 15.0. The number of nitrogens with one attached hydrogen (secondary N) is 1. The molecule has 0 radical (unpaired) electrons. The van der Waals surface area contributed by atoms with Crippen LogP contribution in [0.4, 0.5) is 4.79 Å². The van der Waals surface area contributed by atoms with Crippen molar-refractivity contribution in [3.8, 4) is 5.75 Å². The van der Waals surface area contributed by atoms with E-state index in [4.69, 9.17) is 4.74 Å². The smallest absolute Gasteiger partial charge is 0.317 e. The van der Waals surface area contributed by atoms with Gasteiger partial charge < -0.3 is 15.0 Å². The van der Waals surface area contributed by atoms with E-state index in [2.05, 4.69) is 31.3 Å². The Kier molecular flexibility index (Phi) is 6.91. The van der Waals surface area contributed by atoms with Crippen LogP contribution in [0, 0.1) is 0 Å². The van der Waals surface area contributed by atoms with Crippen LogP contribution in [0.3, 0.4) is 0 Å². The molecule has 1 N–H and O–H groups in total. The highest BCUT2D eigenvalue weighted by atomic mass is 16.5. The van der Waals surface area contributed by atoms with E-state index in [1.807, 2.05) is 26.0 Å². The Bertz CT molecular complexity index is 397. The van der Waals surface area contributed by atoms with Gasteiger partial charge in [0, 0.05) is 13.1 Å². The second kappa shape index (κ2) is 8.46. The summed E-state index contributed by atoms with van der Waals surface area (Å²) in [6.07, 6.45) is 0. The van der Waals surface area contributed by atoms with Crippen molar-refractivity contribution in [3.63, 3.8) is 0 Å². The van der Waals surface area contributed by atoms with Crippen LogP contribution in [0.1, 0.15) is 39.2 Å². The Morgan fingerprint density at radius 3 is 2.30 bits per heavy atom. The molecule has 4 nitrogen and oxygen atoms in total. The third-order valence-electron chi connectivity index (χ3n) is 3.24. The van der Waals surface area contributed by atoms with Crippen LogP contribution in [0.2, 0.25) is 0 Å². The van der Waals surface area contributed by atoms with Crippen molar-refractivity contribution in [2.24, 2.45) is 0 Å². The van der Waals surface area contributed by atoms with Crippen LogP contribution < -0.4 is 10.1 Å². The Labute approximate surface area is 122 Å². The van der Waals surface area contributed by atoms with Gasteiger partial charge in [-0.25, -0.2) is 4.79 Å². The highest BCUT2D eigenvalue weighted by Gasteiger charge is 2.07. The van der Waals surface area contributed by atoms with E-state index in [1.54, 1.807) is 4.90 Å². The molecule has 0 aliphatic rings. The Morgan fingerprint density at radius 1 is 1.20 bits per heavy atom. The number of ether oxygens (including phenoxy) is 1. The molecule has 0 fully saturated rings. The predicted octanol–water partition coefficient (Wildman–Crippen LogP) is 3.24. The van der Waals surface area contributed by atoms with Crippen molar-refractivity contribution < 1.29 is 9.53 Å². The summed E-state index contributed by atoms with van der Waals surface area (Å²) in [7, 11) is 0. The van der Waals surface area contributed by atoms with E-state index in [1.165, 1.54) is 5.56 Å². The first-order valence-electron chi connectivity index (χ1n) is 7.34. The molecule has 0 unspecified atom stereocenters. The number of benzene rings is 1. The molecule has 0 atom stereocenters. The third-order valence-corrected chi connectivity index (χ3v) is 3.24. The number of amides is 2. The molecule has 0 heterocycles. The standard InChI is InChI=1S/C16H26N2O2/c1-5-18(6-2)16(19)17-11-12-20-15-9-7-14(8-10-15)13(3)4/h7-10,13H,5-6,11-12H2,1-4H3,(H,17,19). The van der Waals surface area contributed by atoms with E-state index >= 15 is 0 Å². The van der Waals surface area contributed by atoms with Crippen molar-refractivity contribution in [2.75, 3.05) is 26.2 Å². The summed E-state index contributed by atoms with van der Waals surface area (Å²) in [6, 6.07) is 8.07. The lowest BCUT2D eigenvalue weighted by molar-refractivity contribution is 0.200. The van der Waals surface area contributed by atoms with Gasteiger partial charge in [-0.15, -0.1) is 0 Å². The van der Waals surface area contributed by atoms with Gasteiger partial charge in [0.25, 0.3) is 0 Å². The predicted molar refractivity (Wildman–Crippen MR) is 82.3 cm³/mol. The van der Waals surface area contributed by atoms with Gasteiger partial charge in [-0.1, -0.05) is 26.0 Å². The van der Waals surface area contributed by atoms with Crippen molar-refractivity contribution >= 4 is 6.03 Å². The summed E-state index contributed by atoms with van der Waals surface area (Å²) >= 11 is 0. The number of urea groups is 1. The van der Waals surface area contributed by atoms with Gasteiger partial charge in [0.1, 0.15) is 12.4 Å². The van der Waals surface area contributed by atoms with Crippen molar-refractivity contribution in [1.82, 2.24) is 10.2 Å². The maximum absolute atomic E-state index is 11.7. The maximum Gasteiger partial charge on any atom is 0.317 e. The second-order valence-corrected chi connectivity index (χ2v) is 4.98. The summed E-state index contributed by atoms with van der Waals surface area (Å²) in [4.78, 5) is 13.4. The minimum absolute atomic E-state index is 0.0336. The van der Waals surface area contributed by atoms with Gasteiger partial charge in [0.15, 0.2) is 0 Å². The molecule has 1 aromatic rings. The Hall–Kier alpha value is -1.71. The number of hydrogen-bond acceptors (Lipinski definition) is 2. The molecule has 1 aromatic carbocycles. The molecule has 0 bridgehead atoms. The maximum atomic E-state index is 11.7. The first-order valence-corrected chi connectivity index (χ1v) is 7.34. The molecule has 0 saturated carbocycles. The van der Waals surface area contributed by atoms with Crippen LogP contribution in [-0.2, 0) is 0 Å². The summed E-state index contributed by atoms with van der Waals surface area (Å²) < 4.78 is 5.60. The zero-order valence-corrected chi connectivity index (χ0v) is 13.0. The third kappa shape index (κ3) is 5.11. The average Bonchev–Trinajstić information content (AvgIpc) is 2.45. The summed E-state index contributed by atoms with van der Waals surface area (Å²) in [5.74, 6) is 1.36. The largest absolute Gasteiger partial charge is 0.492 e. The van der Waals surface area contributed by atoms with E-state index < -0.39 is 0 Å². The zero-order valence-electron chi connectivity index (χ0n) is 13.0. The fraction of sp³-hybridized carbons (Fsp3) is 0.562. The molecular formula is C16H26N2O2. The Balaban J connectivity index is 2.29. The first kappa shape index (κ1) is 16.3. The van der Waals surface area contributed by atoms with Crippen molar-refractivity contribution in [2.45, 2.75) is 33.6 Å². The van der Waals surface area contributed by atoms with Crippen LogP contribution in [0.25, 0.3) is 0 Å². The van der Waals surface area contributed by atoms with E-state index in [-0.39, 0.29) is 6.03 Å². The van der Waals surface area contributed by atoms with Gasteiger partial charge in [0.05, 0.1) is 6.54 Å². The van der Waals surface area contributed by atoms with Crippen LogP contribution in [0.5, 0.6) is 5.75 Å². The molecule has 2 amide bonds. The Morgan fingerprint density at radius 2 is 1.80 bits per heavy atom. The van der Waals surface area contributed by atoms with Gasteiger partial charge in [0.2, 0.25) is 0 Å². The number of rotatable bonds is 7. The quantitative estimate of drug-likeness (QED) is 0.778. The molecule has 0 saturated heterocycles. The summed E-state index contributed by atoms with van der Waals surface area (Å²) in [6.45, 7) is 10.7. The monoisotopic (exact) mass is 278 g/mol. The molecule has 112 valence electrons. The lowest BCUT2D eigenvalue weighted by Gasteiger charge is -2.19. The second-order valence-electron chi connectivity index (χ2n) is 4.98. The van der Waals surface area contributed by atoms with E-state index in [0.29, 0.717) is 19.1 Å². The van der Waals surface area contributed by atoms with Crippen LogP contribution in [0.15, 0.2) is 24.3 Å². The highest BCUT2D eigenvalue weighted by molar-refractivity contribution is 5.74. The molecule has 1 rings (SSSR count). The molecule has 0 aliphatic carbocycles. The summed E-state index contributed by atoms with van der Waals surface area (Å²) in [5, 5.41) is 2.85. The SMILES string of the molecule is CCN(CC)C(=O)NCCOc1ccc(C(C)C)cc1. The van der Waals surface area contributed by atoms with Gasteiger partial charge in [-0.2, -0.15) is 0 Å².